The van der Waals surface area contributed by atoms with Crippen molar-refractivity contribution in [3.63, 3.8) is 0 Å². The molecular formula is C7H4Cl2S2. The van der Waals surface area contributed by atoms with Gasteiger partial charge in [0.2, 0.25) is 0 Å². The van der Waals surface area contributed by atoms with Crippen LogP contribution in [0.4, 0.5) is 0 Å². The minimum atomic E-state index is -0.749. The van der Waals surface area contributed by atoms with Gasteiger partial charge >= 0.3 is 0 Å². The topological polar surface area (TPSA) is 0 Å². The molecule has 0 unspecified atom stereocenters. The van der Waals surface area contributed by atoms with Crippen LogP contribution in [0.25, 0.3) is 0 Å². The summed E-state index contributed by atoms with van der Waals surface area (Å²) in [4.78, 5) is 1.17. The van der Waals surface area contributed by atoms with E-state index in [9.17, 15) is 0 Å². The molecule has 0 saturated heterocycles. The van der Waals surface area contributed by atoms with Crippen LogP contribution in [0.2, 0.25) is 0 Å². The van der Waals surface area contributed by atoms with Gasteiger partial charge in [-0.05, 0) is 16.9 Å². The largest absolute Gasteiger partial charge is 0.199 e. The molecule has 0 spiro atoms. The Morgan fingerprint density at radius 2 is 1.91 bits per heavy atom. The van der Waals surface area contributed by atoms with Gasteiger partial charge in [-0.1, -0.05) is 52.2 Å². The van der Waals surface area contributed by atoms with E-state index in [1.54, 1.807) is 10.8 Å². The zero-order valence-electron chi connectivity index (χ0n) is 5.38. The van der Waals surface area contributed by atoms with Crippen LogP contribution >= 0.6 is 44.8 Å². The fraction of sp³-hybridized carbons (Fsp3) is 0.143. The van der Waals surface area contributed by atoms with Gasteiger partial charge in [-0.25, -0.2) is 0 Å². The molecule has 0 N–H and O–H groups in total. The van der Waals surface area contributed by atoms with Crippen molar-refractivity contribution in [3.8, 4) is 0 Å². The Morgan fingerprint density at radius 1 is 1.18 bits per heavy atom. The number of benzene rings is 1. The minimum absolute atomic E-state index is 0.749. The highest BCUT2D eigenvalue weighted by molar-refractivity contribution is 8.78. The van der Waals surface area contributed by atoms with Gasteiger partial charge in [0.15, 0.2) is 3.67 Å². The normalized spacial score (nSPS) is 19.8. The molecule has 1 aromatic carbocycles. The number of hydrogen-bond donors (Lipinski definition) is 0. The van der Waals surface area contributed by atoms with Crippen molar-refractivity contribution in [2.75, 3.05) is 0 Å². The third-order valence-corrected chi connectivity index (χ3v) is 5.44. The Bertz CT molecular complexity index is 286. The zero-order chi connectivity index (χ0) is 7.90. The molecule has 4 heteroatoms. The SMILES string of the molecule is ClC1(Cl)SSc2ccccc21. The van der Waals surface area contributed by atoms with Gasteiger partial charge < -0.3 is 0 Å². The molecular weight excluding hydrogens is 219 g/mol. The first-order valence-corrected chi connectivity index (χ1v) is 5.94. The van der Waals surface area contributed by atoms with Crippen molar-refractivity contribution in [1.29, 1.82) is 0 Å². The summed E-state index contributed by atoms with van der Waals surface area (Å²) in [5, 5.41) is 0. The highest BCUT2D eigenvalue weighted by Crippen LogP contribution is 2.61. The van der Waals surface area contributed by atoms with E-state index in [4.69, 9.17) is 23.2 Å². The molecule has 11 heavy (non-hydrogen) atoms. The molecule has 0 aromatic heterocycles. The summed E-state index contributed by atoms with van der Waals surface area (Å²) in [6.45, 7) is 0. The summed E-state index contributed by atoms with van der Waals surface area (Å²) in [7, 11) is 3.10. The lowest BCUT2D eigenvalue weighted by molar-refractivity contribution is 1.19. The quantitative estimate of drug-likeness (QED) is 0.481. The predicted octanol–water partition coefficient (Wildman–Crippen LogP) is 4.03. The molecule has 0 saturated carbocycles. The second kappa shape index (κ2) is 2.77. The van der Waals surface area contributed by atoms with Crippen LogP contribution in [-0.2, 0) is 3.67 Å². The van der Waals surface area contributed by atoms with Crippen molar-refractivity contribution < 1.29 is 0 Å². The predicted molar refractivity (Wildman–Crippen MR) is 53.3 cm³/mol. The molecule has 0 bridgehead atoms. The van der Waals surface area contributed by atoms with Gasteiger partial charge in [-0.3, -0.25) is 0 Å². The number of alkyl halides is 2. The standard InChI is InChI=1S/C7H4Cl2S2/c8-7(9)5-3-1-2-4-6(5)10-11-7/h1-4H. The van der Waals surface area contributed by atoms with Crippen molar-refractivity contribution in [1.82, 2.24) is 0 Å². The maximum absolute atomic E-state index is 6.01. The van der Waals surface area contributed by atoms with Gasteiger partial charge in [-0.2, -0.15) is 0 Å². The Morgan fingerprint density at radius 3 is 2.64 bits per heavy atom. The van der Waals surface area contributed by atoms with Crippen LogP contribution in [0, 0.1) is 0 Å². The Balaban J connectivity index is 2.56. The lowest BCUT2D eigenvalue weighted by atomic mass is 10.2. The average molecular weight is 223 g/mol. The highest BCUT2D eigenvalue weighted by atomic mass is 35.5. The molecule has 0 radical (unpaired) electrons. The summed E-state index contributed by atoms with van der Waals surface area (Å²) in [5.74, 6) is 0. The first-order valence-electron chi connectivity index (χ1n) is 3.03. The first-order chi connectivity index (χ1) is 5.20. The average Bonchev–Trinajstić information content (AvgIpc) is 2.29. The van der Waals surface area contributed by atoms with Crippen LogP contribution in [0.3, 0.4) is 0 Å². The maximum Gasteiger partial charge on any atom is 0.199 e. The summed E-state index contributed by atoms with van der Waals surface area (Å²) in [5.41, 5.74) is 1.01. The van der Waals surface area contributed by atoms with Gasteiger partial charge in [0.05, 0.1) is 0 Å². The molecule has 0 aliphatic carbocycles. The second-order valence-corrected chi connectivity index (χ2v) is 6.34. The monoisotopic (exact) mass is 222 g/mol. The summed E-state index contributed by atoms with van der Waals surface area (Å²) in [6.07, 6.45) is 0. The molecule has 58 valence electrons. The maximum atomic E-state index is 6.01. The van der Waals surface area contributed by atoms with E-state index in [1.165, 1.54) is 15.7 Å². The highest BCUT2D eigenvalue weighted by Gasteiger charge is 2.36. The Hall–Kier alpha value is 0.500. The molecule has 1 heterocycles. The van der Waals surface area contributed by atoms with E-state index >= 15 is 0 Å². The Kier molecular flexibility index (Phi) is 2.04. The second-order valence-electron chi connectivity index (χ2n) is 2.18. The molecule has 1 aliphatic heterocycles. The minimum Gasteiger partial charge on any atom is -0.0830 e. The molecule has 1 aliphatic rings. The third kappa shape index (κ3) is 1.37. The number of halogens is 2. The van der Waals surface area contributed by atoms with Gasteiger partial charge in [0.25, 0.3) is 0 Å². The fourth-order valence-electron chi connectivity index (χ4n) is 0.922. The lowest BCUT2D eigenvalue weighted by Crippen LogP contribution is -1.98. The molecule has 0 nitrogen and oxygen atoms in total. The smallest absolute Gasteiger partial charge is 0.0830 e. The summed E-state index contributed by atoms with van der Waals surface area (Å²) >= 11 is 12.0. The van der Waals surface area contributed by atoms with Crippen LogP contribution in [-0.4, -0.2) is 0 Å². The first kappa shape index (κ1) is 8.11. The number of rotatable bonds is 0. The summed E-state index contributed by atoms with van der Waals surface area (Å²) in [6, 6.07) is 7.92. The van der Waals surface area contributed by atoms with Crippen molar-refractivity contribution in [2.24, 2.45) is 0 Å². The lowest BCUT2D eigenvalue weighted by Gasteiger charge is -2.09. The van der Waals surface area contributed by atoms with E-state index < -0.39 is 3.67 Å². The number of hydrogen-bond acceptors (Lipinski definition) is 2. The van der Waals surface area contributed by atoms with Crippen LogP contribution < -0.4 is 0 Å². The van der Waals surface area contributed by atoms with Crippen molar-refractivity contribution in [2.45, 2.75) is 8.56 Å². The fourth-order valence-corrected chi connectivity index (χ4v) is 4.19. The van der Waals surface area contributed by atoms with E-state index in [2.05, 4.69) is 0 Å². The molecule has 2 rings (SSSR count). The van der Waals surface area contributed by atoms with E-state index in [0.717, 1.165) is 5.56 Å². The van der Waals surface area contributed by atoms with Crippen molar-refractivity contribution in [3.05, 3.63) is 29.8 Å². The molecule has 0 atom stereocenters. The molecule has 0 amide bonds. The van der Waals surface area contributed by atoms with E-state index in [-0.39, 0.29) is 0 Å². The van der Waals surface area contributed by atoms with Crippen LogP contribution in [0.15, 0.2) is 29.2 Å². The molecule has 1 aromatic rings. The van der Waals surface area contributed by atoms with Gasteiger partial charge in [0, 0.05) is 10.5 Å². The van der Waals surface area contributed by atoms with Gasteiger partial charge in [0.1, 0.15) is 0 Å². The van der Waals surface area contributed by atoms with Crippen LogP contribution in [0.1, 0.15) is 5.56 Å². The van der Waals surface area contributed by atoms with E-state index in [1.807, 2.05) is 24.3 Å². The van der Waals surface area contributed by atoms with Crippen LogP contribution in [0.5, 0.6) is 0 Å². The number of fused-ring (bicyclic) bond motifs is 1. The van der Waals surface area contributed by atoms with Gasteiger partial charge in [-0.15, -0.1) is 0 Å². The Labute approximate surface area is 83.0 Å². The zero-order valence-corrected chi connectivity index (χ0v) is 8.53. The van der Waals surface area contributed by atoms with Crippen molar-refractivity contribution >= 4 is 44.8 Å². The van der Waals surface area contributed by atoms with E-state index in [0.29, 0.717) is 0 Å². The molecule has 0 fully saturated rings. The summed E-state index contributed by atoms with van der Waals surface area (Å²) < 4.78 is -0.749. The third-order valence-electron chi connectivity index (χ3n) is 1.44.